The number of fused-ring (bicyclic) bond motifs is 3. The van der Waals surface area contributed by atoms with E-state index in [1.54, 1.807) is 31.0 Å². The fourth-order valence-electron chi connectivity index (χ4n) is 4.55. The van der Waals surface area contributed by atoms with E-state index in [1.165, 1.54) is 12.1 Å². The van der Waals surface area contributed by atoms with Crippen molar-refractivity contribution in [2.24, 2.45) is 0 Å². The minimum absolute atomic E-state index is 0.0475. The average Bonchev–Trinajstić information content (AvgIpc) is 3.10. The molecular weight excluding hydrogens is 445 g/mol. The lowest BCUT2D eigenvalue weighted by Crippen LogP contribution is -2.45. The Morgan fingerprint density at radius 3 is 2.82 bits per heavy atom. The first kappa shape index (κ1) is 23.1. The van der Waals surface area contributed by atoms with Gasteiger partial charge in [-0.1, -0.05) is 29.8 Å². The Hall–Kier alpha value is -3.06. The monoisotopic (exact) mass is 471 g/mol. The van der Waals surface area contributed by atoms with Gasteiger partial charge in [0.05, 0.1) is 6.61 Å². The van der Waals surface area contributed by atoms with Gasteiger partial charge in [0.2, 0.25) is 0 Å². The van der Waals surface area contributed by atoms with E-state index in [1.807, 2.05) is 22.8 Å². The van der Waals surface area contributed by atoms with E-state index in [-0.39, 0.29) is 30.4 Å². The number of amides is 2. The molecule has 8 heteroatoms. The maximum atomic E-state index is 14.1. The van der Waals surface area contributed by atoms with Crippen molar-refractivity contribution in [2.75, 3.05) is 13.7 Å². The number of hydrogen-bond donors (Lipinski definition) is 1. The molecule has 174 valence electrons. The number of urea groups is 1. The summed E-state index contributed by atoms with van der Waals surface area (Å²) in [5.74, 6) is -0.647. The molecule has 2 aromatic carbocycles. The zero-order chi connectivity index (χ0) is 23.5. The van der Waals surface area contributed by atoms with Gasteiger partial charge in [-0.25, -0.2) is 9.18 Å². The van der Waals surface area contributed by atoms with E-state index in [0.717, 1.165) is 34.1 Å². The number of hydrogen-bond acceptors (Lipinski definition) is 3. The topological polar surface area (TPSA) is 63.6 Å². The quantitative estimate of drug-likeness (QED) is 0.530. The lowest BCUT2D eigenvalue weighted by Gasteiger charge is -2.32. The molecule has 4 rings (SSSR count). The summed E-state index contributed by atoms with van der Waals surface area (Å²) in [5, 5.41) is 4.32. The third kappa shape index (κ3) is 4.83. The van der Waals surface area contributed by atoms with Gasteiger partial charge in [0.1, 0.15) is 12.4 Å². The van der Waals surface area contributed by atoms with Crippen molar-refractivity contribution in [3.63, 3.8) is 0 Å². The first-order valence-electron chi connectivity index (χ1n) is 11.1. The van der Waals surface area contributed by atoms with E-state index in [0.29, 0.717) is 31.0 Å². The first-order chi connectivity index (χ1) is 15.9. The molecule has 1 N–H and O–H groups in total. The molecule has 0 spiro atoms. The second-order valence-electron chi connectivity index (χ2n) is 8.24. The Labute approximate surface area is 197 Å². The summed E-state index contributed by atoms with van der Waals surface area (Å²) in [5.41, 5.74) is 3.64. The van der Waals surface area contributed by atoms with Gasteiger partial charge < -0.3 is 19.5 Å². The first-order valence-corrected chi connectivity index (χ1v) is 11.5. The summed E-state index contributed by atoms with van der Waals surface area (Å²) in [6.07, 6.45) is 2.00. The zero-order valence-corrected chi connectivity index (χ0v) is 19.5. The van der Waals surface area contributed by atoms with E-state index in [2.05, 4.69) is 5.32 Å². The number of ether oxygens (including phenoxy) is 1. The van der Waals surface area contributed by atoms with Crippen LogP contribution in [0.4, 0.5) is 9.18 Å². The molecular formula is C25H27ClFN3O3. The lowest BCUT2D eigenvalue weighted by molar-refractivity contribution is -0.143. The summed E-state index contributed by atoms with van der Waals surface area (Å²) in [4.78, 5) is 26.7. The maximum Gasteiger partial charge on any atom is 0.325 e. The van der Waals surface area contributed by atoms with Gasteiger partial charge in [-0.05, 0) is 61.6 Å². The molecule has 2 amide bonds. The standard InChI is InChI=1S/C25H27ClFN3O3/c1-3-33-24(31)15-30-22-10-8-17(27)12-19(22)20-13-18(9-11-23(20)30)29(2)25(32)28-14-16-6-4-5-7-21(16)26/h4-8,10,12,18H,3,9,11,13-15H2,1-2H3,(H,28,32)/t18-/m0/s1. The highest BCUT2D eigenvalue weighted by molar-refractivity contribution is 6.31. The predicted octanol–water partition coefficient (Wildman–Crippen LogP) is 4.70. The number of nitrogens with one attached hydrogen (secondary N) is 1. The fraction of sp³-hybridized carbons (Fsp3) is 0.360. The molecule has 0 radical (unpaired) electrons. The summed E-state index contributed by atoms with van der Waals surface area (Å²) >= 11 is 6.19. The molecule has 0 unspecified atom stereocenters. The maximum absolute atomic E-state index is 14.1. The molecule has 1 heterocycles. The third-order valence-electron chi connectivity index (χ3n) is 6.25. The molecule has 3 aromatic rings. The highest BCUT2D eigenvalue weighted by Crippen LogP contribution is 2.34. The number of aromatic nitrogens is 1. The molecule has 1 atom stereocenters. The van der Waals surface area contributed by atoms with Gasteiger partial charge in [-0.15, -0.1) is 0 Å². The zero-order valence-electron chi connectivity index (χ0n) is 18.7. The van der Waals surface area contributed by atoms with Crippen molar-refractivity contribution < 1.29 is 18.7 Å². The molecule has 0 saturated carbocycles. The van der Waals surface area contributed by atoms with E-state index in [9.17, 15) is 14.0 Å². The number of halogens is 2. The molecule has 1 aromatic heterocycles. The molecule has 33 heavy (non-hydrogen) atoms. The molecule has 0 aliphatic heterocycles. The Morgan fingerprint density at radius 2 is 2.06 bits per heavy atom. The van der Waals surface area contributed by atoms with Crippen LogP contribution in [0.1, 0.15) is 30.2 Å². The average molecular weight is 472 g/mol. The van der Waals surface area contributed by atoms with Gasteiger partial charge in [0.15, 0.2) is 0 Å². The van der Waals surface area contributed by atoms with Crippen LogP contribution in [0.25, 0.3) is 10.9 Å². The Balaban J connectivity index is 1.54. The van der Waals surface area contributed by atoms with E-state index < -0.39 is 0 Å². The van der Waals surface area contributed by atoms with Crippen LogP contribution < -0.4 is 5.32 Å². The lowest BCUT2D eigenvalue weighted by atomic mass is 9.90. The van der Waals surface area contributed by atoms with Crippen LogP contribution in [0.5, 0.6) is 0 Å². The fourth-order valence-corrected chi connectivity index (χ4v) is 4.76. The molecule has 0 bridgehead atoms. The van der Waals surface area contributed by atoms with Crippen LogP contribution in [0.2, 0.25) is 5.02 Å². The smallest absolute Gasteiger partial charge is 0.325 e. The van der Waals surface area contributed by atoms with Crippen molar-refractivity contribution in [1.29, 1.82) is 0 Å². The molecule has 0 fully saturated rings. The number of carbonyl (C=O) groups excluding carboxylic acids is 2. The van der Waals surface area contributed by atoms with Crippen molar-refractivity contribution >= 4 is 34.5 Å². The van der Waals surface area contributed by atoms with Crippen LogP contribution in [0.3, 0.4) is 0 Å². The van der Waals surface area contributed by atoms with Crippen molar-refractivity contribution in [2.45, 2.75) is 45.3 Å². The number of likely N-dealkylation sites (N-methyl/N-ethyl adjacent to an activating group) is 1. The summed E-state index contributed by atoms with van der Waals surface area (Å²) < 4.78 is 21.2. The van der Waals surface area contributed by atoms with Crippen molar-refractivity contribution in [3.05, 3.63) is 70.1 Å². The van der Waals surface area contributed by atoms with Crippen LogP contribution in [0.15, 0.2) is 42.5 Å². The number of nitrogens with zero attached hydrogens (tertiary/aromatic N) is 2. The summed E-state index contributed by atoms with van der Waals surface area (Å²) in [7, 11) is 1.77. The highest BCUT2D eigenvalue weighted by Gasteiger charge is 2.30. The van der Waals surface area contributed by atoms with Crippen LogP contribution >= 0.6 is 11.6 Å². The summed E-state index contributed by atoms with van der Waals surface area (Å²) in [6, 6.07) is 11.8. The third-order valence-corrected chi connectivity index (χ3v) is 6.62. The number of esters is 1. The predicted molar refractivity (Wildman–Crippen MR) is 126 cm³/mol. The van der Waals surface area contributed by atoms with Gasteiger partial charge in [-0.2, -0.15) is 0 Å². The van der Waals surface area contributed by atoms with Crippen LogP contribution in [-0.2, 0) is 35.5 Å². The number of benzene rings is 2. The minimum Gasteiger partial charge on any atom is -0.465 e. The van der Waals surface area contributed by atoms with Gasteiger partial charge in [0, 0.05) is 41.3 Å². The second-order valence-corrected chi connectivity index (χ2v) is 8.64. The minimum atomic E-state index is -0.327. The normalized spacial score (nSPS) is 15.2. The number of carbonyl (C=O) groups is 2. The van der Waals surface area contributed by atoms with Crippen molar-refractivity contribution in [3.8, 4) is 0 Å². The van der Waals surface area contributed by atoms with Gasteiger partial charge in [-0.3, -0.25) is 4.79 Å². The van der Waals surface area contributed by atoms with Gasteiger partial charge in [0.25, 0.3) is 0 Å². The Morgan fingerprint density at radius 1 is 1.27 bits per heavy atom. The van der Waals surface area contributed by atoms with Crippen LogP contribution in [0, 0.1) is 5.82 Å². The Kier molecular flexibility index (Phi) is 6.88. The van der Waals surface area contributed by atoms with E-state index >= 15 is 0 Å². The van der Waals surface area contributed by atoms with Gasteiger partial charge >= 0.3 is 12.0 Å². The molecule has 0 saturated heterocycles. The van der Waals surface area contributed by atoms with Crippen molar-refractivity contribution in [1.82, 2.24) is 14.8 Å². The highest BCUT2D eigenvalue weighted by atomic mass is 35.5. The summed E-state index contributed by atoms with van der Waals surface area (Å²) in [6.45, 7) is 2.51. The van der Waals surface area contributed by atoms with E-state index in [4.69, 9.17) is 16.3 Å². The van der Waals surface area contributed by atoms with Crippen LogP contribution in [-0.4, -0.2) is 41.2 Å². The molecule has 1 aliphatic rings. The molecule has 1 aliphatic carbocycles. The SMILES string of the molecule is CCOC(=O)Cn1c2c(c3cc(F)ccc31)C[C@@H](N(C)C(=O)NCc1ccccc1Cl)CC2. The molecule has 6 nitrogen and oxygen atoms in total. The second kappa shape index (κ2) is 9.83. The number of rotatable bonds is 6. The Bertz CT molecular complexity index is 1190. The largest absolute Gasteiger partial charge is 0.465 e.